The van der Waals surface area contributed by atoms with E-state index in [-0.39, 0.29) is 28.6 Å². The second kappa shape index (κ2) is 4.90. The van der Waals surface area contributed by atoms with Gasteiger partial charge in [0, 0.05) is 17.4 Å². The summed E-state index contributed by atoms with van der Waals surface area (Å²) in [6.07, 6.45) is 7.02. The normalized spacial score (nSPS) is 58.2. The largest absolute Gasteiger partial charge is 0.392 e. The van der Waals surface area contributed by atoms with Gasteiger partial charge in [0.05, 0.1) is 12.2 Å². The van der Waals surface area contributed by atoms with Crippen molar-refractivity contribution < 1.29 is 14.6 Å². The number of halogens is 1. The molecule has 0 saturated heterocycles. The lowest BCUT2D eigenvalue weighted by molar-refractivity contribution is -0.0340. The van der Waals surface area contributed by atoms with Gasteiger partial charge in [-0.2, -0.15) is 0 Å². The molecule has 2 saturated carbocycles. The maximum absolute atomic E-state index is 14.4. The molecule has 4 aliphatic rings. The Bertz CT molecular complexity index is 576. The van der Waals surface area contributed by atoms with Gasteiger partial charge < -0.3 is 15.9 Å². The maximum Gasteiger partial charge on any atom is 0.116 e. The van der Waals surface area contributed by atoms with Crippen molar-refractivity contribution in [3.05, 3.63) is 23.8 Å². The molecule has 1 unspecified atom stereocenters. The molecule has 9 atom stereocenters. The van der Waals surface area contributed by atoms with Gasteiger partial charge in [-0.25, -0.2) is 4.39 Å². The second-order valence-corrected chi connectivity index (χ2v) is 8.72. The molecule has 0 spiro atoms. The van der Waals surface area contributed by atoms with Gasteiger partial charge in [0.15, 0.2) is 0 Å². The quantitative estimate of drug-likeness (QED) is 0.600. The zero-order chi connectivity index (χ0) is 16.6. The van der Waals surface area contributed by atoms with Gasteiger partial charge in [-0.15, -0.1) is 0 Å². The van der Waals surface area contributed by atoms with Crippen molar-refractivity contribution >= 4 is 0 Å². The summed E-state index contributed by atoms with van der Waals surface area (Å²) in [6.45, 7) is 4.31. The van der Waals surface area contributed by atoms with E-state index in [0.717, 1.165) is 6.42 Å². The van der Waals surface area contributed by atoms with Crippen LogP contribution in [0.4, 0.5) is 4.39 Å². The first kappa shape index (κ1) is 15.8. The fraction of sp³-hybridized carbons (Fsp3) is 0.789. The Kier molecular flexibility index (Phi) is 3.37. The van der Waals surface area contributed by atoms with E-state index in [4.69, 9.17) is 5.73 Å². The molecule has 2 fully saturated rings. The number of alkyl halides is 1. The van der Waals surface area contributed by atoms with Crippen LogP contribution in [0.3, 0.4) is 0 Å². The van der Waals surface area contributed by atoms with Crippen LogP contribution in [-0.4, -0.2) is 34.6 Å². The number of nitrogens with two attached hydrogens (primary N) is 1. The highest BCUT2D eigenvalue weighted by molar-refractivity contribution is 5.36. The summed E-state index contributed by atoms with van der Waals surface area (Å²) in [6, 6.07) is -0.438. The molecule has 0 aromatic heterocycles. The molecule has 0 bridgehead atoms. The van der Waals surface area contributed by atoms with Crippen LogP contribution in [-0.2, 0) is 0 Å². The molecule has 0 aromatic carbocycles. The smallest absolute Gasteiger partial charge is 0.116 e. The van der Waals surface area contributed by atoms with E-state index in [0.29, 0.717) is 19.3 Å². The van der Waals surface area contributed by atoms with Gasteiger partial charge in [0.1, 0.15) is 6.17 Å². The molecule has 0 amide bonds. The Morgan fingerprint density at radius 2 is 1.96 bits per heavy atom. The highest BCUT2D eigenvalue weighted by atomic mass is 19.1. The Hall–Kier alpha value is -0.710. The van der Waals surface area contributed by atoms with Crippen LogP contribution in [0.1, 0.15) is 39.5 Å². The monoisotopic (exact) mass is 321 g/mol. The minimum absolute atomic E-state index is 0.00157. The molecule has 128 valence electrons. The first-order chi connectivity index (χ1) is 10.8. The second-order valence-electron chi connectivity index (χ2n) is 8.72. The Morgan fingerprint density at radius 3 is 2.70 bits per heavy atom. The number of aliphatic hydroxyl groups is 2. The van der Waals surface area contributed by atoms with Gasteiger partial charge >= 0.3 is 0 Å². The Labute approximate surface area is 137 Å². The van der Waals surface area contributed by atoms with E-state index in [1.807, 2.05) is 6.08 Å². The zero-order valence-corrected chi connectivity index (χ0v) is 14.0. The van der Waals surface area contributed by atoms with Gasteiger partial charge in [-0.3, -0.25) is 0 Å². The van der Waals surface area contributed by atoms with Crippen molar-refractivity contribution in [1.29, 1.82) is 0 Å². The Balaban J connectivity index is 1.78. The molecule has 0 aliphatic heterocycles. The van der Waals surface area contributed by atoms with E-state index in [1.165, 1.54) is 5.57 Å². The van der Waals surface area contributed by atoms with Gasteiger partial charge in [-0.1, -0.05) is 37.6 Å². The Morgan fingerprint density at radius 1 is 1.22 bits per heavy atom. The standard InChI is InChI=1S/C19H28FNO2/c1-18-5-3-11(22)7-10(18)8-15(23)16-12(18)4-6-19(2)13(16)9-14(20)17(19)21/h3-5,10-11,13-17,22-23H,6-9,21H2,1-2H3/t10?,11-,13-,14+,15-,16+,17-,18-,19-/m0/s1. The number of rotatable bonds is 0. The fourth-order valence-corrected chi connectivity index (χ4v) is 6.07. The number of hydrogen-bond donors (Lipinski definition) is 3. The molecule has 3 nitrogen and oxygen atoms in total. The summed E-state index contributed by atoms with van der Waals surface area (Å²) >= 11 is 0. The summed E-state index contributed by atoms with van der Waals surface area (Å²) < 4.78 is 14.4. The summed E-state index contributed by atoms with van der Waals surface area (Å²) in [5, 5.41) is 20.8. The van der Waals surface area contributed by atoms with Crippen LogP contribution in [0.2, 0.25) is 0 Å². The summed E-state index contributed by atoms with van der Waals surface area (Å²) in [4.78, 5) is 0. The van der Waals surface area contributed by atoms with E-state index in [9.17, 15) is 14.6 Å². The third-order valence-electron chi connectivity index (χ3n) is 7.63. The summed E-state index contributed by atoms with van der Waals surface area (Å²) in [5.41, 5.74) is 7.07. The summed E-state index contributed by atoms with van der Waals surface area (Å²) in [5.74, 6) is 0.364. The molecule has 0 radical (unpaired) electrons. The molecule has 4 aliphatic carbocycles. The third kappa shape index (κ3) is 1.98. The topological polar surface area (TPSA) is 66.5 Å². The molecule has 0 aromatic rings. The van der Waals surface area contributed by atoms with Crippen LogP contribution in [0, 0.1) is 28.6 Å². The average Bonchev–Trinajstić information content (AvgIpc) is 2.73. The van der Waals surface area contributed by atoms with Crippen LogP contribution in [0.5, 0.6) is 0 Å². The van der Waals surface area contributed by atoms with Crippen molar-refractivity contribution in [3.8, 4) is 0 Å². The van der Waals surface area contributed by atoms with Gasteiger partial charge in [0.25, 0.3) is 0 Å². The predicted molar refractivity (Wildman–Crippen MR) is 87.3 cm³/mol. The van der Waals surface area contributed by atoms with Gasteiger partial charge in [-0.05, 0) is 42.9 Å². The molecule has 23 heavy (non-hydrogen) atoms. The van der Waals surface area contributed by atoms with E-state index in [1.54, 1.807) is 0 Å². The first-order valence-electron chi connectivity index (χ1n) is 8.93. The average molecular weight is 321 g/mol. The fourth-order valence-electron chi connectivity index (χ4n) is 6.07. The SMILES string of the molecule is C[C@]12CC=C3[C@@H]([C@@H](O)CC4C[C@@H](O)C=C[C@]34C)[C@@H]1C[C@@H](F)[C@@H]2N. The number of aliphatic hydroxyl groups excluding tert-OH is 2. The molecule has 4 N–H and O–H groups in total. The maximum atomic E-state index is 14.4. The molecule has 0 heterocycles. The van der Waals surface area contributed by atoms with Crippen molar-refractivity contribution in [2.75, 3.05) is 0 Å². The number of fused-ring (bicyclic) bond motifs is 5. The minimum Gasteiger partial charge on any atom is -0.392 e. The number of allylic oxidation sites excluding steroid dienone is 2. The van der Waals surface area contributed by atoms with Crippen LogP contribution in [0.15, 0.2) is 23.8 Å². The lowest BCUT2D eigenvalue weighted by Gasteiger charge is -2.56. The third-order valence-corrected chi connectivity index (χ3v) is 7.63. The molecular formula is C19H28FNO2. The molecule has 4 rings (SSSR count). The molecule has 4 heteroatoms. The minimum atomic E-state index is -0.973. The van der Waals surface area contributed by atoms with Gasteiger partial charge in [0.2, 0.25) is 0 Å². The first-order valence-corrected chi connectivity index (χ1v) is 8.93. The van der Waals surface area contributed by atoms with E-state index >= 15 is 0 Å². The number of hydrogen-bond acceptors (Lipinski definition) is 3. The highest BCUT2D eigenvalue weighted by Gasteiger charge is 2.60. The zero-order valence-electron chi connectivity index (χ0n) is 14.0. The summed E-state index contributed by atoms with van der Waals surface area (Å²) in [7, 11) is 0. The van der Waals surface area contributed by atoms with Crippen molar-refractivity contribution in [3.63, 3.8) is 0 Å². The van der Waals surface area contributed by atoms with Crippen molar-refractivity contribution in [2.24, 2.45) is 34.3 Å². The lowest BCUT2D eigenvalue weighted by Crippen LogP contribution is -2.54. The van der Waals surface area contributed by atoms with Crippen molar-refractivity contribution in [2.45, 2.75) is 64.0 Å². The lowest BCUT2D eigenvalue weighted by atomic mass is 9.49. The van der Waals surface area contributed by atoms with E-state index < -0.39 is 24.4 Å². The van der Waals surface area contributed by atoms with Crippen LogP contribution < -0.4 is 5.73 Å². The molecular weight excluding hydrogens is 293 g/mol. The predicted octanol–water partition coefficient (Wildman–Crippen LogP) is 2.33. The van der Waals surface area contributed by atoms with Crippen LogP contribution >= 0.6 is 0 Å². The highest BCUT2D eigenvalue weighted by Crippen LogP contribution is 2.63. The van der Waals surface area contributed by atoms with Crippen LogP contribution in [0.25, 0.3) is 0 Å². The van der Waals surface area contributed by atoms with Crippen molar-refractivity contribution in [1.82, 2.24) is 0 Å². The van der Waals surface area contributed by atoms with E-state index in [2.05, 4.69) is 26.0 Å².